The number of amides is 1. The Kier molecular flexibility index (Phi) is 6.48. The molecule has 5 heteroatoms. The zero-order chi connectivity index (χ0) is 15.1. The van der Waals surface area contributed by atoms with Crippen LogP contribution in [0, 0.1) is 5.92 Å². The van der Waals surface area contributed by atoms with E-state index in [1.165, 1.54) is 0 Å². The number of aromatic hydroxyl groups is 1. The van der Waals surface area contributed by atoms with E-state index in [1.807, 2.05) is 13.8 Å². The lowest BCUT2D eigenvalue weighted by Gasteiger charge is -2.23. The van der Waals surface area contributed by atoms with Crippen molar-refractivity contribution in [2.45, 2.75) is 32.4 Å². The summed E-state index contributed by atoms with van der Waals surface area (Å²) in [5, 5.41) is 12.1. The van der Waals surface area contributed by atoms with Crippen molar-refractivity contribution in [2.24, 2.45) is 11.7 Å². The molecule has 1 amide bonds. The molecule has 0 bridgehead atoms. The van der Waals surface area contributed by atoms with Gasteiger partial charge in [0.05, 0.1) is 18.7 Å². The van der Waals surface area contributed by atoms with Gasteiger partial charge in [-0.15, -0.1) is 0 Å². The number of benzene rings is 1. The lowest BCUT2D eigenvalue weighted by Crippen LogP contribution is -2.49. The molecular weight excluding hydrogens is 256 g/mol. The summed E-state index contributed by atoms with van der Waals surface area (Å²) in [7, 11) is 1.61. The van der Waals surface area contributed by atoms with Crippen LogP contribution in [-0.2, 0) is 16.0 Å². The third-order valence-electron chi connectivity index (χ3n) is 3.21. The van der Waals surface area contributed by atoms with E-state index in [0.29, 0.717) is 13.0 Å². The molecule has 1 unspecified atom stereocenters. The molecule has 0 saturated carbocycles. The van der Waals surface area contributed by atoms with Crippen LogP contribution in [0.2, 0.25) is 0 Å². The first kappa shape index (κ1) is 16.5. The second-order valence-corrected chi connectivity index (χ2v) is 5.29. The van der Waals surface area contributed by atoms with Gasteiger partial charge >= 0.3 is 0 Å². The quantitative estimate of drug-likeness (QED) is 0.697. The zero-order valence-electron chi connectivity index (χ0n) is 12.3. The van der Waals surface area contributed by atoms with Crippen molar-refractivity contribution in [1.29, 1.82) is 0 Å². The highest BCUT2D eigenvalue weighted by Gasteiger charge is 2.20. The van der Waals surface area contributed by atoms with Crippen molar-refractivity contribution in [3.8, 4) is 5.75 Å². The van der Waals surface area contributed by atoms with Gasteiger partial charge in [0.15, 0.2) is 0 Å². The lowest BCUT2D eigenvalue weighted by atomic mass is 10.0. The molecule has 0 saturated heterocycles. The predicted molar refractivity (Wildman–Crippen MR) is 78.4 cm³/mol. The molecule has 0 spiro atoms. The Morgan fingerprint density at radius 2 is 1.95 bits per heavy atom. The van der Waals surface area contributed by atoms with E-state index in [0.717, 1.165) is 5.56 Å². The Bertz CT molecular complexity index is 418. The maximum atomic E-state index is 12.1. The Morgan fingerprint density at radius 1 is 1.35 bits per heavy atom. The number of methoxy groups -OCH3 is 1. The van der Waals surface area contributed by atoms with Crippen LogP contribution in [0.1, 0.15) is 19.4 Å². The highest BCUT2D eigenvalue weighted by Crippen LogP contribution is 2.11. The van der Waals surface area contributed by atoms with Gasteiger partial charge in [0.25, 0.3) is 0 Å². The van der Waals surface area contributed by atoms with Crippen LogP contribution in [0.15, 0.2) is 24.3 Å². The van der Waals surface area contributed by atoms with Crippen LogP contribution in [0.25, 0.3) is 0 Å². The highest BCUT2D eigenvalue weighted by atomic mass is 16.5. The van der Waals surface area contributed by atoms with Crippen molar-refractivity contribution in [1.82, 2.24) is 5.32 Å². The van der Waals surface area contributed by atoms with Crippen molar-refractivity contribution >= 4 is 5.91 Å². The van der Waals surface area contributed by atoms with Gasteiger partial charge in [-0.1, -0.05) is 26.0 Å². The molecule has 0 aromatic heterocycles. The van der Waals surface area contributed by atoms with Gasteiger partial charge in [-0.05, 0) is 30.0 Å². The molecule has 1 aromatic rings. The van der Waals surface area contributed by atoms with Gasteiger partial charge in [0.1, 0.15) is 5.75 Å². The first-order valence-electron chi connectivity index (χ1n) is 6.76. The number of phenolic OH excluding ortho intramolecular Hbond substituents is 1. The molecular formula is C15H24N2O3. The SMILES string of the molecule is COCC(NC(=O)[C@H](N)Cc1ccc(O)cc1)C(C)C. The van der Waals surface area contributed by atoms with Crippen LogP contribution >= 0.6 is 0 Å². The molecule has 1 aromatic carbocycles. The van der Waals surface area contributed by atoms with Gasteiger partial charge < -0.3 is 20.9 Å². The lowest BCUT2D eigenvalue weighted by molar-refractivity contribution is -0.123. The summed E-state index contributed by atoms with van der Waals surface area (Å²) in [6, 6.07) is 6.04. The molecule has 4 N–H and O–H groups in total. The number of rotatable bonds is 7. The molecule has 0 radical (unpaired) electrons. The van der Waals surface area contributed by atoms with Crippen LogP contribution < -0.4 is 11.1 Å². The summed E-state index contributed by atoms with van der Waals surface area (Å²) in [5.41, 5.74) is 6.83. The van der Waals surface area contributed by atoms with Gasteiger partial charge in [-0.2, -0.15) is 0 Å². The fourth-order valence-corrected chi connectivity index (χ4v) is 1.85. The smallest absolute Gasteiger partial charge is 0.237 e. The van der Waals surface area contributed by atoms with Crippen LogP contribution in [0.4, 0.5) is 0 Å². The molecule has 0 aliphatic heterocycles. The largest absolute Gasteiger partial charge is 0.508 e. The van der Waals surface area contributed by atoms with E-state index in [9.17, 15) is 9.90 Å². The number of carbonyl (C=O) groups excluding carboxylic acids is 1. The molecule has 0 aliphatic carbocycles. The third kappa shape index (κ3) is 5.19. The van der Waals surface area contributed by atoms with E-state index in [-0.39, 0.29) is 23.6 Å². The van der Waals surface area contributed by atoms with Crippen molar-refractivity contribution < 1.29 is 14.6 Å². The maximum absolute atomic E-state index is 12.1. The van der Waals surface area contributed by atoms with Gasteiger partial charge in [-0.3, -0.25) is 4.79 Å². The Hall–Kier alpha value is -1.59. The fraction of sp³-hybridized carbons (Fsp3) is 0.533. The van der Waals surface area contributed by atoms with Crippen LogP contribution in [-0.4, -0.2) is 36.8 Å². The average molecular weight is 280 g/mol. The van der Waals surface area contributed by atoms with Crippen LogP contribution in [0.5, 0.6) is 5.75 Å². The molecule has 0 fully saturated rings. The number of hydrogen-bond acceptors (Lipinski definition) is 4. The Labute approximate surface area is 120 Å². The van der Waals surface area contributed by atoms with Crippen LogP contribution in [0.3, 0.4) is 0 Å². The minimum Gasteiger partial charge on any atom is -0.508 e. The number of phenols is 1. The second-order valence-electron chi connectivity index (χ2n) is 5.29. The van der Waals surface area contributed by atoms with E-state index in [2.05, 4.69) is 5.32 Å². The van der Waals surface area contributed by atoms with Crippen molar-refractivity contribution in [3.63, 3.8) is 0 Å². The standard InChI is InChI=1S/C15H24N2O3/c1-10(2)14(9-20-3)17-15(19)13(16)8-11-4-6-12(18)7-5-11/h4-7,10,13-14,18H,8-9,16H2,1-3H3,(H,17,19)/t13-,14?/m1/s1. The average Bonchev–Trinajstić information content (AvgIpc) is 2.40. The first-order chi connectivity index (χ1) is 9.43. The van der Waals surface area contributed by atoms with Crippen molar-refractivity contribution in [3.05, 3.63) is 29.8 Å². The number of ether oxygens (including phenoxy) is 1. The Balaban J connectivity index is 2.55. The number of carbonyl (C=O) groups is 1. The van der Waals surface area contributed by atoms with E-state index in [4.69, 9.17) is 10.5 Å². The molecule has 5 nitrogen and oxygen atoms in total. The summed E-state index contributed by atoms with van der Waals surface area (Å²) < 4.78 is 5.09. The van der Waals surface area contributed by atoms with Crippen molar-refractivity contribution in [2.75, 3.05) is 13.7 Å². The number of hydrogen-bond donors (Lipinski definition) is 3. The minimum atomic E-state index is -0.613. The summed E-state index contributed by atoms with van der Waals surface area (Å²) >= 11 is 0. The number of nitrogens with two attached hydrogens (primary N) is 1. The molecule has 2 atom stereocenters. The van der Waals surface area contributed by atoms with E-state index in [1.54, 1.807) is 31.4 Å². The summed E-state index contributed by atoms with van der Waals surface area (Å²) in [4.78, 5) is 12.1. The normalized spacial score (nSPS) is 14.1. The predicted octanol–water partition coefficient (Wildman–Crippen LogP) is 1.05. The van der Waals surface area contributed by atoms with E-state index < -0.39 is 6.04 Å². The topological polar surface area (TPSA) is 84.6 Å². The summed E-state index contributed by atoms with van der Waals surface area (Å²) in [6.07, 6.45) is 0.434. The minimum absolute atomic E-state index is 0.0432. The number of nitrogens with one attached hydrogen (secondary N) is 1. The molecule has 0 aliphatic rings. The monoisotopic (exact) mass is 280 g/mol. The van der Waals surface area contributed by atoms with Gasteiger partial charge in [0, 0.05) is 7.11 Å². The summed E-state index contributed by atoms with van der Waals surface area (Å²) in [5.74, 6) is 0.292. The van der Waals surface area contributed by atoms with Gasteiger partial charge in [0.2, 0.25) is 5.91 Å². The fourth-order valence-electron chi connectivity index (χ4n) is 1.85. The second kappa shape index (κ2) is 7.87. The maximum Gasteiger partial charge on any atom is 0.237 e. The van der Waals surface area contributed by atoms with E-state index >= 15 is 0 Å². The van der Waals surface area contributed by atoms with Gasteiger partial charge in [-0.25, -0.2) is 0 Å². The first-order valence-corrected chi connectivity index (χ1v) is 6.76. The highest BCUT2D eigenvalue weighted by molar-refractivity contribution is 5.82. The molecule has 112 valence electrons. The summed E-state index contributed by atoms with van der Waals surface area (Å²) in [6.45, 7) is 4.51. The Morgan fingerprint density at radius 3 is 2.45 bits per heavy atom. The molecule has 20 heavy (non-hydrogen) atoms. The zero-order valence-corrected chi connectivity index (χ0v) is 12.3. The molecule has 0 heterocycles. The third-order valence-corrected chi connectivity index (χ3v) is 3.21. The molecule has 1 rings (SSSR count).